The first-order valence-electron chi connectivity index (χ1n) is 9.58. The molecule has 0 fully saturated rings. The highest BCUT2D eigenvalue weighted by molar-refractivity contribution is 14.0. The number of hydrogen-bond acceptors (Lipinski definition) is 4. The van der Waals surface area contributed by atoms with Gasteiger partial charge in [0.05, 0.1) is 18.0 Å². The molecule has 2 aromatic rings. The third-order valence-electron chi connectivity index (χ3n) is 4.49. The smallest absolute Gasteiger partial charge is 0.242 e. The quantitative estimate of drug-likeness (QED) is 0.255. The molecule has 1 unspecified atom stereocenters. The summed E-state index contributed by atoms with van der Waals surface area (Å²) in [5.74, 6) is 0.500. The van der Waals surface area contributed by atoms with Crippen LogP contribution >= 0.6 is 24.0 Å². The molecule has 30 heavy (non-hydrogen) atoms. The highest BCUT2D eigenvalue weighted by atomic mass is 127. The van der Waals surface area contributed by atoms with E-state index in [-0.39, 0.29) is 47.9 Å². The number of sulfonamides is 1. The molecule has 0 aromatic heterocycles. The number of aliphatic hydroxyl groups is 1. The predicted molar refractivity (Wildman–Crippen MR) is 132 cm³/mol. The van der Waals surface area contributed by atoms with Gasteiger partial charge in [-0.3, -0.25) is 0 Å². The van der Waals surface area contributed by atoms with Gasteiger partial charge in [0.15, 0.2) is 5.96 Å². The minimum absolute atomic E-state index is 0. The monoisotopic (exact) mass is 546 g/mol. The van der Waals surface area contributed by atoms with Crippen LogP contribution in [0.15, 0.2) is 64.5 Å². The van der Waals surface area contributed by atoms with Crippen LogP contribution in [0.5, 0.6) is 0 Å². The molecule has 3 N–H and O–H groups in total. The molecule has 0 aliphatic rings. The zero-order chi connectivity index (χ0) is 21.3. The van der Waals surface area contributed by atoms with E-state index in [9.17, 15) is 13.5 Å². The van der Waals surface area contributed by atoms with Gasteiger partial charge < -0.3 is 15.7 Å². The highest BCUT2D eigenvalue weighted by Gasteiger charge is 2.20. The van der Waals surface area contributed by atoms with Crippen molar-refractivity contribution < 1.29 is 13.5 Å². The number of rotatable bonds is 9. The maximum absolute atomic E-state index is 12.6. The maximum Gasteiger partial charge on any atom is 0.242 e. The molecule has 0 spiro atoms. The van der Waals surface area contributed by atoms with E-state index >= 15 is 0 Å². The second kappa shape index (κ2) is 12.9. The SMILES string of the molecule is CCNC(=NCc1ccccc1S(=O)(=O)N(C)C)NCC(CO)c1ccccc1.I. The van der Waals surface area contributed by atoms with Crippen LogP contribution < -0.4 is 10.6 Å². The highest BCUT2D eigenvalue weighted by Crippen LogP contribution is 2.19. The van der Waals surface area contributed by atoms with E-state index in [1.54, 1.807) is 24.3 Å². The molecule has 0 saturated carbocycles. The molecular weight excluding hydrogens is 515 g/mol. The fraction of sp³-hybridized carbons (Fsp3) is 0.381. The van der Waals surface area contributed by atoms with E-state index in [1.165, 1.54) is 18.4 Å². The van der Waals surface area contributed by atoms with Crippen LogP contribution in [0.2, 0.25) is 0 Å². The van der Waals surface area contributed by atoms with Crippen LogP contribution in [-0.2, 0) is 16.6 Å². The van der Waals surface area contributed by atoms with Crippen molar-refractivity contribution in [3.63, 3.8) is 0 Å². The largest absolute Gasteiger partial charge is 0.396 e. The lowest BCUT2D eigenvalue weighted by Crippen LogP contribution is -2.40. The minimum Gasteiger partial charge on any atom is -0.396 e. The Bertz CT molecular complexity index is 905. The molecule has 0 aliphatic carbocycles. The third kappa shape index (κ3) is 7.22. The van der Waals surface area contributed by atoms with Gasteiger partial charge in [-0.1, -0.05) is 48.5 Å². The zero-order valence-electron chi connectivity index (χ0n) is 17.6. The summed E-state index contributed by atoms with van der Waals surface area (Å²) >= 11 is 0. The van der Waals surface area contributed by atoms with Crippen molar-refractivity contribution in [2.75, 3.05) is 33.8 Å². The summed E-state index contributed by atoms with van der Waals surface area (Å²) in [5.41, 5.74) is 1.67. The van der Waals surface area contributed by atoms with E-state index in [2.05, 4.69) is 15.6 Å². The summed E-state index contributed by atoms with van der Waals surface area (Å²) < 4.78 is 26.3. The number of nitrogens with zero attached hydrogens (tertiary/aromatic N) is 2. The lowest BCUT2D eigenvalue weighted by molar-refractivity contribution is 0.265. The van der Waals surface area contributed by atoms with Crippen LogP contribution in [-0.4, -0.2) is 57.6 Å². The zero-order valence-corrected chi connectivity index (χ0v) is 20.7. The van der Waals surface area contributed by atoms with Gasteiger partial charge in [0.2, 0.25) is 10.0 Å². The number of guanidine groups is 1. The van der Waals surface area contributed by atoms with Crippen LogP contribution in [0.4, 0.5) is 0 Å². The Morgan fingerprint density at radius 3 is 2.30 bits per heavy atom. The van der Waals surface area contributed by atoms with Crippen LogP contribution in [0.1, 0.15) is 24.0 Å². The Balaban J connectivity index is 0.00000450. The van der Waals surface area contributed by atoms with E-state index in [0.717, 1.165) is 5.56 Å². The minimum atomic E-state index is -3.54. The van der Waals surface area contributed by atoms with Gasteiger partial charge in [-0.2, -0.15) is 0 Å². The van der Waals surface area contributed by atoms with Crippen molar-refractivity contribution in [2.24, 2.45) is 4.99 Å². The summed E-state index contributed by atoms with van der Waals surface area (Å²) in [6.07, 6.45) is 0. The van der Waals surface area contributed by atoms with Crippen molar-refractivity contribution in [2.45, 2.75) is 24.3 Å². The van der Waals surface area contributed by atoms with Crippen molar-refractivity contribution in [1.82, 2.24) is 14.9 Å². The standard InChI is InChI=1S/C21H30N4O3S.HI/c1-4-22-21(24-15-19(16-26)17-10-6-5-7-11-17)23-14-18-12-8-9-13-20(18)29(27,28)25(2)3;/h5-13,19,26H,4,14-16H2,1-3H3,(H2,22,23,24);1H. The Kier molecular flexibility index (Phi) is 11.3. The molecule has 9 heteroatoms. The van der Waals surface area contributed by atoms with Crippen LogP contribution in [0.25, 0.3) is 0 Å². The number of benzene rings is 2. The van der Waals surface area contributed by atoms with Crippen molar-refractivity contribution in [3.05, 3.63) is 65.7 Å². The second-order valence-electron chi connectivity index (χ2n) is 6.76. The first-order valence-corrected chi connectivity index (χ1v) is 11.0. The van der Waals surface area contributed by atoms with Gasteiger partial charge in [0, 0.05) is 33.1 Å². The fourth-order valence-electron chi connectivity index (χ4n) is 2.82. The van der Waals surface area contributed by atoms with Gasteiger partial charge in [-0.05, 0) is 24.1 Å². The van der Waals surface area contributed by atoms with Gasteiger partial charge in [-0.25, -0.2) is 17.7 Å². The molecular formula is C21H31IN4O3S. The van der Waals surface area contributed by atoms with Crippen molar-refractivity contribution >= 4 is 40.0 Å². The first-order chi connectivity index (χ1) is 13.9. The normalized spacial score (nSPS) is 12.9. The van der Waals surface area contributed by atoms with Gasteiger partial charge >= 0.3 is 0 Å². The lowest BCUT2D eigenvalue weighted by atomic mass is 10.0. The van der Waals surface area contributed by atoms with Crippen LogP contribution in [0.3, 0.4) is 0 Å². The number of aliphatic hydroxyl groups excluding tert-OH is 1. The molecule has 2 rings (SSSR count). The Morgan fingerprint density at radius 1 is 1.07 bits per heavy atom. The van der Waals surface area contributed by atoms with Crippen molar-refractivity contribution in [3.8, 4) is 0 Å². The molecule has 2 aromatic carbocycles. The Hall–Kier alpha value is -1.69. The van der Waals surface area contributed by atoms with E-state index in [0.29, 0.717) is 24.6 Å². The lowest BCUT2D eigenvalue weighted by Gasteiger charge is -2.18. The molecule has 7 nitrogen and oxygen atoms in total. The summed E-state index contributed by atoms with van der Waals surface area (Å²) in [6, 6.07) is 16.7. The fourth-order valence-corrected chi connectivity index (χ4v) is 3.93. The van der Waals surface area contributed by atoms with E-state index in [1.807, 2.05) is 37.3 Å². The Labute approximate surface area is 196 Å². The topological polar surface area (TPSA) is 94.0 Å². The average Bonchev–Trinajstić information content (AvgIpc) is 2.73. The molecule has 0 aliphatic heterocycles. The number of halogens is 1. The molecule has 166 valence electrons. The van der Waals surface area contributed by atoms with E-state index in [4.69, 9.17) is 0 Å². The first kappa shape index (κ1) is 26.3. The van der Waals surface area contributed by atoms with Gasteiger partial charge in [-0.15, -0.1) is 24.0 Å². The second-order valence-corrected chi connectivity index (χ2v) is 8.88. The van der Waals surface area contributed by atoms with Crippen LogP contribution in [0, 0.1) is 0 Å². The predicted octanol–water partition coefficient (Wildman–Crippen LogP) is 2.39. The number of aliphatic imine (C=N–C) groups is 1. The summed E-state index contributed by atoms with van der Waals surface area (Å²) in [5, 5.41) is 16.1. The number of hydrogen-bond donors (Lipinski definition) is 3. The molecule has 1 atom stereocenters. The molecule has 0 saturated heterocycles. The average molecular weight is 546 g/mol. The Morgan fingerprint density at radius 2 is 1.70 bits per heavy atom. The van der Waals surface area contributed by atoms with Gasteiger partial charge in [0.25, 0.3) is 0 Å². The molecule has 0 heterocycles. The van der Waals surface area contributed by atoms with E-state index < -0.39 is 10.0 Å². The molecule has 0 amide bonds. The summed E-state index contributed by atoms with van der Waals surface area (Å²) in [7, 11) is -0.516. The summed E-state index contributed by atoms with van der Waals surface area (Å²) in [4.78, 5) is 4.80. The maximum atomic E-state index is 12.6. The summed E-state index contributed by atoms with van der Waals surface area (Å²) in [6.45, 7) is 3.36. The van der Waals surface area contributed by atoms with Crippen molar-refractivity contribution in [1.29, 1.82) is 0 Å². The third-order valence-corrected chi connectivity index (χ3v) is 6.41. The number of nitrogens with one attached hydrogen (secondary N) is 2. The molecule has 0 radical (unpaired) electrons. The molecule has 0 bridgehead atoms. The van der Waals surface area contributed by atoms with Gasteiger partial charge in [0.1, 0.15) is 0 Å².